The first-order valence-corrected chi connectivity index (χ1v) is 5.59. The second kappa shape index (κ2) is 5.70. The maximum Gasteiger partial charge on any atom is 0.237 e. The number of halogens is 1. The SMILES string of the molecule is CCOc1ccc(NC(=O)C(C)Br)cn1. The Morgan fingerprint density at radius 2 is 2.40 bits per heavy atom. The summed E-state index contributed by atoms with van der Waals surface area (Å²) in [6, 6.07) is 3.48. The molecule has 1 amide bonds. The molecule has 0 aliphatic heterocycles. The van der Waals surface area contributed by atoms with Gasteiger partial charge in [-0.25, -0.2) is 4.98 Å². The number of hydrogen-bond donors (Lipinski definition) is 1. The molecule has 0 aliphatic rings. The van der Waals surface area contributed by atoms with Crippen LogP contribution in [0.5, 0.6) is 5.88 Å². The van der Waals surface area contributed by atoms with E-state index in [1.54, 1.807) is 25.3 Å². The van der Waals surface area contributed by atoms with Crippen LogP contribution in [0.3, 0.4) is 0 Å². The molecule has 1 rings (SSSR count). The lowest BCUT2D eigenvalue weighted by molar-refractivity contribution is -0.115. The number of hydrogen-bond acceptors (Lipinski definition) is 3. The van der Waals surface area contributed by atoms with E-state index in [1.165, 1.54) is 0 Å². The highest BCUT2D eigenvalue weighted by Gasteiger charge is 2.08. The first kappa shape index (κ1) is 12.0. The van der Waals surface area contributed by atoms with Crippen LogP contribution in [0.2, 0.25) is 0 Å². The highest BCUT2D eigenvalue weighted by molar-refractivity contribution is 9.10. The van der Waals surface area contributed by atoms with Gasteiger partial charge in [-0.1, -0.05) is 15.9 Å². The molecule has 82 valence electrons. The molecule has 15 heavy (non-hydrogen) atoms. The van der Waals surface area contributed by atoms with Crippen LogP contribution in [-0.2, 0) is 4.79 Å². The average molecular weight is 273 g/mol. The number of rotatable bonds is 4. The lowest BCUT2D eigenvalue weighted by Crippen LogP contribution is -2.19. The van der Waals surface area contributed by atoms with Crippen LogP contribution >= 0.6 is 15.9 Å². The largest absolute Gasteiger partial charge is 0.478 e. The molecule has 0 spiro atoms. The molecule has 0 radical (unpaired) electrons. The van der Waals surface area contributed by atoms with Crippen molar-refractivity contribution in [3.8, 4) is 5.88 Å². The minimum absolute atomic E-state index is 0.0963. The predicted molar refractivity (Wildman–Crippen MR) is 62.4 cm³/mol. The van der Waals surface area contributed by atoms with Crippen LogP contribution in [0.25, 0.3) is 0 Å². The molecule has 0 saturated carbocycles. The Morgan fingerprint density at radius 3 is 2.87 bits per heavy atom. The number of anilines is 1. The maximum atomic E-state index is 11.3. The van der Waals surface area contributed by atoms with Crippen LogP contribution in [0.4, 0.5) is 5.69 Å². The van der Waals surface area contributed by atoms with E-state index in [4.69, 9.17) is 4.74 Å². The Hall–Kier alpha value is -1.10. The van der Waals surface area contributed by atoms with Gasteiger partial charge in [0.1, 0.15) is 0 Å². The summed E-state index contributed by atoms with van der Waals surface area (Å²) >= 11 is 3.18. The van der Waals surface area contributed by atoms with Crippen molar-refractivity contribution >= 4 is 27.5 Å². The number of pyridine rings is 1. The second-order valence-corrected chi connectivity index (χ2v) is 4.30. The Labute approximate surface area is 97.2 Å². The minimum Gasteiger partial charge on any atom is -0.478 e. The number of ether oxygens (including phenoxy) is 1. The molecular formula is C10H13BrN2O2. The first-order valence-electron chi connectivity index (χ1n) is 4.67. The van der Waals surface area contributed by atoms with E-state index in [1.807, 2.05) is 6.92 Å². The third-order valence-electron chi connectivity index (χ3n) is 1.66. The molecular weight excluding hydrogens is 260 g/mol. The number of aromatic nitrogens is 1. The molecule has 0 fully saturated rings. The van der Waals surface area contributed by atoms with Gasteiger partial charge in [0.05, 0.1) is 23.3 Å². The Morgan fingerprint density at radius 1 is 1.67 bits per heavy atom. The smallest absolute Gasteiger partial charge is 0.237 e. The monoisotopic (exact) mass is 272 g/mol. The van der Waals surface area contributed by atoms with Gasteiger partial charge in [-0.2, -0.15) is 0 Å². The summed E-state index contributed by atoms with van der Waals surface area (Å²) in [5, 5.41) is 2.71. The third kappa shape index (κ3) is 3.87. The number of nitrogens with one attached hydrogen (secondary N) is 1. The molecule has 4 nitrogen and oxygen atoms in total. The molecule has 1 aromatic heterocycles. The van der Waals surface area contributed by atoms with Crippen LogP contribution in [0.15, 0.2) is 18.3 Å². The number of amides is 1. The van der Waals surface area contributed by atoms with Gasteiger partial charge in [0.25, 0.3) is 0 Å². The van der Waals surface area contributed by atoms with Crippen molar-refractivity contribution in [2.75, 3.05) is 11.9 Å². The van der Waals surface area contributed by atoms with Gasteiger partial charge in [-0.05, 0) is 19.9 Å². The zero-order valence-electron chi connectivity index (χ0n) is 8.66. The Bertz CT molecular complexity index is 325. The van der Waals surface area contributed by atoms with Crippen molar-refractivity contribution in [3.05, 3.63) is 18.3 Å². The van der Waals surface area contributed by atoms with Crippen molar-refractivity contribution in [2.24, 2.45) is 0 Å². The summed E-state index contributed by atoms with van der Waals surface area (Å²) in [6.45, 7) is 4.23. The second-order valence-electron chi connectivity index (χ2n) is 2.92. The normalized spacial score (nSPS) is 11.9. The molecule has 1 unspecified atom stereocenters. The maximum absolute atomic E-state index is 11.3. The van der Waals surface area contributed by atoms with Crippen molar-refractivity contribution in [1.29, 1.82) is 0 Å². The summed E-state index contributed by atoms with van der Waals surface area (Å²) in [5.74, 6) is 0.461. The first-order chi connectivity index (χ1) is 7.13. The topological polar surface area (TPSA) is 51.2 Å². The van der Waals surface area contributed by atoms with E-state index in [0.29, 0.717) is 18.2 Å². The van der Waals surface area contributed by atoms with Crippen molar-refractivity contribution in [3.63, 3.8) is 0 Å². The minimum atomic E-state index is -0.218. The predicted octanol–water partition coefficient (Wildman–Crippen LogP) is 2.20. The van der Waals surface area contributed by atoms with Crippen LogP contribution in [-0.4, -0.2) is 22.3 Å². The number of carbonyl (C=O) groups excluding carboxylic acids is 1. The molecule has 1 N–H and O–H groups in total. The van der Waals surface area contributed by atoms with E-state index < -0.39 is 0 Å². The van der Waals surface area contributed by atoms with Gasteiger partial charge in [0, 0.05) is 6.07 Å². The van der Waals surface area contributed by atoms with E-state index in [2.05, 4.69) is 26.2 Å². The highest BCUT2D eigenvalue weighted by Crippen LogP contribution is 2.12. The summed E-state index contributed by atoms with van der Waals surface area (Å²) in [7, 11) is 0. The quantitative estimate of drug-likeness (QED) is 0.855. The van der Waals surface area contributed by atoms with E-state index in [-0.39, 0.29) is 10.7 Å². The lowest BCUT2D eigenvalue weighted by atomic mass is 10.4. The molecule has 0 saturated heterocycles. The molecule has 1 heterocycles. The number of carbonyl (C=O) groups is 1. The molecule has 0 bridgehead atoms. The Balaban J connectivity index is 2.60. The van der Waals surface area contributed by atoms with Gasteiger partial charge in [-0.15, -0.1) is 0 Å². The molecule has 1 atom stereocenters. The Kier molecular flexibility index (Phi) is 4.55. The number of nitrogens with zero attached hydrogens (tertiary/aromatic N) is 1. The van der Waals surface area contributed by atoms with Crippen LogP contribution < -0.4 is 10.1 Å². The van der Waals surface area contributed by atoms with Gasteiger partial charge < -0.3 is 10.1 Å². The summed E-state index contributed by atoms with van der Waals surface area (Å²) < 4.78 is 5.18. The van der Waals surface area contributed by atoms with E-state index in [9.17, 15) is 4.79 Å². The van der Waals surface area contributed by atoms with Crippen LogP contribution in [0.1, 0.15) is 13.8 Å². The van der Waals surface area contributed by atoms with Crippen molar-refractivity contribution in [2.45, 2.75) is 18.7 Å². The summed E-state index contributed by atoms with van der Waals surface area (Å²) in [6.07, 6.45) is 1.57. The van der Waals surface area contributed by atoms with Gasteiger partial charge in [0.15, 0.2) is 0 Å². The fraction of sp³-hybridized carbons (Fsp3) is 0.400. The highest BCUT2D eigenvalue weighted by atomic mass is 79.9. The van der Waals surface area contributed by atoms with Gasteiger partial charge in [-0.3, -0.25) is 4.79 Å². The van der Waals surface area contributed by atoms with Crippen LogP contribution in [0, 0.1) is 0 Å². The lowest BCUT2D eigenvalue weighted by Gasteiger charge is -2.07. The van der Waals surface area contributed by atoms with E-state index in [0.717, 1.165) is 0 Å². The van der Waals surface area contributed by atoms with Crippen molar-refractivity contribution in [1.82, 2.24) is 4.98 Å². The van der Waals surface area contributed by atoms with E-state index >= 15 is 0 Å². The fourth-order valence-electron chi connectivity index (χ4n) is 0.929. The molecule has 5 heteroatoms. The molecule has 1 aromatic rings. The van der Waals surface area contributed by atoms with Gasteiger partial charge >= 0.3 is 0 Å². The molecule has 0 aromatic carbocycles. The summed E-state index contributed by atoms with van der Waals surface area (Å²) in [4.78, 5) is 15.1. The standard InChI is InChI=1S/C10H13BrN2O2/c1-3-15-9-5-4-8(6-12-9)13-10(14)7(2)11/h4-7H,3H2,1-2H3,(H,13,14). The van der Waals surface area contributed by atoms with Crippen molar-refractivity contribution < 1.29 is 9.53 Å². The van der Waals surface area contributed by atoms with Gasteiger partial charge in [0.2, 0.25) is 11.8 Å². The summed E-state index contributed by atoms with van der Waals surface area (Å²) in [5.41, 5.74) is 0.662. The number of alkyl halides is 1. The molecule has 0 aliphatic carbocycles. The third-order valence-corrected chi connectivity index (χ3v) is 2.07. The zero-order valence-corrected chi connectivity index (χ0v) is 10.2. The average Bonchev–Trinajstić information content (AvgIpc) is 2.21. The zero-order chi connectivity index (χ0) is 11.3. The fourth-order valence-corrected chi connectivity index (χ4v) is 1.04.